The Morgan fingerprint density at radius 2 is 2.04 bits per heavy atom. The summed E-state index contributed by atoms with van der Waals surface area (Å²) in [6.45, 7) is 3.85. The minimum Gasteiger partial charge on any atom is -0.376 e. The van der Waals surface area contributed by atoms with Crippen LogP contribution in [0.2, 0.25) is 10.0 Å². The second-order valence-electron chi connectivity index (χ2n) is 6.65. The Bertz CT molecular complexity index is 556. The number of piperidine rings is 1. The van der Waals surface area contributed by atoms with Gasteiger partial charge in [0.15, 0.2) is 0 Å². The van der Waals surface area contributed by atoms with Crippen molar-refractivity contribution in [3.05, 3.63) is 33.8 Å². The Balaban J connectivity index is 1.52. The second-order valence-corrected chi connectivity index (χ2v) is 7.47. The van der Waals surface area contributed by atoms with E-state index in [2.05, 4.69) is 10.2 Å². The summed E-state index contributed by atoms with van der Waals surface area (Å²) in [6.07, 6.45) is 4.28. The summed E-state index contributed by atoms with van der Waals surface area (Å²) in [4.78, 5) is 14.7. The zero-order valence-corrected chi connectivity index (χ0v) is 15.3. The molecule has 2 saturated heterocycles. The Morgan fingerprint density at radius 3 is 2.75 bits per heavy atom. The number of nitrogens with one attached hydrogen (secondary N) is 1. The van der Waals surface area contributed by atoms with E-state index in [-0.39, 0.29) is 17.9 Å². The number of carbonyl (C=O) groups is 1. The maximum atomic E-state index is 12.4. The topological polar surface area (TPSA) is 41.6 Å². The highest BCUT2D eigenvalue weighted by Gasteiger charge is 2.27. The lowest BCUT2D eigenvalue weighted by Crippen LogP contribution is -2.44. The molecule has 6 heteroatoms. The average Bonchev–Trinajstić information content (AvgIpc) is 3.10. The van der Waals surface area contributed by atoms with Crippen LogP contribution in [-0.2, 0) is 16.1 Å². The van der Waals surface area contributed by atoms with Crippen molar-refractivity contribution in [3.63, 3.8) is 0 Å². The van der Waals surface area contributed by atoms with Crippen molar-refractivity contribution in [2.45, 2.75) is 38.3 Å². The third-order valence-electron chi connectivity index (χ3n) is 4.85. The zero-order valence-electron chi connectivity index (χ0n) is 13.8. The summed E-state index contributed by atoms with van der Waals surface area (Å²) in [5.74, 6) is 0.168. The van der Waals surface area contributed by atoms with Crippen molar-refractivity contribution in [1.29, 1.82) is 0 Å². The molecule has 24 heavy (non-hydrogen) atoms. The van der Waals surface area contributed by atoms with E-state index in [1.807, 2.05) is 18.2 Å². The van der Waals surface area contributed by atoms with Crippen LogP contribution in [0.3, 0.4) is 0 Å². The standard InChI is InChI=1S/C18H24Cl2N2O2/c19-16-6-1-7-17(20)15(16)12-22-8-2-4-13(11-22)18(23)21-10-14-5-3-9-24-14/h1,6-7,13-14H,2-5,8-12H2,(H,21,23)/t13-,14-/m0/s1. The number of nitrogens with zero attached hydrogens (tertiary/aromatic N) is 1. The lowest BCUT2D eigenvalue weighted by Gasteiger charge is -2.32. The molecule has 2 aliphatic rings. The van der Waals surface area contributed by atoms with E-state index in [1.54, 1.807) is 0 Å². The molecule has 1 aromatic rings. The van der Waals surface area contributed by atoms with Crippen molar-refractivity contribution >= 4 is 29.1 Å². The highest BCUT2D eigenvalue weighted by molar-refractivity contribution is 6.35. The Kier molecular flexibility index (Phi) is 6.39. The predicted octanol–water partition coefficient (Wildman–Crippen LogP) is 3.50. The summed E-state index contributed by atoms with van der Waals surface area (Å²) in [5.41, 5.74) is 0.946. The van der Waals surface area contributed by atoms with Gasteiger partial charge in [0, 0.05) is 41.8 Å². The minimum atomic E-state index is 0.0291. The van der Waals surface area contributed by atoms with Gasteiger partial charge >= 0.3 is 0 Å². The first kappa shape index (κ1) is 18.0. The van der Waals surface area contributed by atoms with Gasteiger partial charge in [0.1, 0.15) is 0 Å². The molecule has 2 heterocycles. The monoisotopic (exact) mass is 370 g/mol. The van der Waals surface area contributed by atoms with Crippen LogP contribution in [-0.4, -0.2) is 43.2 Å². The smallest absolute Gasteiger partial charge is 0.224 e. The molecule has 0 spiro atoms. The number of hydrogen-bond donors (Lipinski definition) is 1. The van der Waals surface area contributed by atoms with Gasteiger partial charge in [0.05, 0.1) is 12.0 Å². The van der Waals surface area contributed by atoms with Crippen LogP contribution in [0.1, 0.15) is 31.2 Å². The average molecular weight is 371 g/mol. The summed E-state index contributed by atoms with van der Waals surface area (Å²) in [7, 11) is 0. The van der Waals surface area contributed by atoms with Gasteiger partial charge in [-0.1, -0.05) is 29.3 Å². The van der Waals surface area contributed by atoms with Crippen molar-refractivity contribution in [2.24, 2.45) is 5.92 Å². The third kappa shape index (κ3) is 4.63. The van der Waals surface area contributed by atoms with Gasteiger partial charge in [-0.2, -0.15) is 0 Å². The quantitative estimate of drug-likeness (QED) is 0.862. The van der Waals surface area contributed by atoms with Gasteiger partial charge in [0.25, 0.3) is 0 Å². The Labute approximate surface area is 153 Å². The van der Waals surface area contributed by atoms with E-state index in [9.17, 15) is 4.79 Å². The SMILES string of the molecule is O=C(NC[C@@H]1CCCO1)[C@H]1CCCN(Cc2c(Cl)cccc2Cl)C1. The molecule has 1 amide bonds. The highest BCUT2D eigenvalue weighted by Crippen LogP contribution is 2.27. The van der Waals surface area contributed by atoms with Crippen molar-refractivity contribution in [2.75, 3.05) is 26.2 Å². The zero-order chi connectivity index (χ0) is 16.9. The van der Waals surface area contributed by atoms with E-state index in [0.717, 1.165) is 50.9 Å². The molecule has 132 valence electrons. The molecule has 2 atom stereocenters. The number of benzene rings is 1. The second kappa shape index (κ2) is 8.52. The molecule has 0 saturated carbocycles. The number of likely N-dealkylation sites (tertiary alicyclic amines) is 1. The molecule has 2 aliphatic heterocycles. The molecule has 0 aromatic heterocycles. The highest BCUT2D eigenvalue weighted by atomic mass is 35.5. The van der Waals surface area contributed by atoms with Crippen LogP contribution in [0.4, 0.5) is 0 Å². The Morgan fingerprint density at radius 1 is 1.25 bits per heavy atom. The van der Waals surface area contributed by atoms with E-state index in [0.29, 0.717) is 23.1 Å². The van der Waals surface area contributed by atoms with E-state index in [1.165, 1.54) is 0 Å². The number of ether oxygens (including phenoxy) is 1. The first-order valence-corrected chi connectivity index (χ1v) is 9.43. The molecular weight excluding hydrogens is 347 g/mol. The van der Waals surface area contributed by atoms with Crippen LogP contribution >= 0.6 is 23.2 Å². The van der Waals surface area contributed by atoms with E-state index < -0.39 is 0 Å². The largest absolute Gasteiger partial charge is 0.376 e. The van der Waals surface area contributed by atoms with Gasteiger partial charge in [-0.05, 0) is 44.4 Å². The lowest BCUT2D eigenvalue weighted by molar-refractivity contribution is -0.127. The van der Waals surface area contributed by atoms with Crippen LogP contribution < -0.4 is 5.32 Å². The molecule has 2 fully saturated rings. The summed E-state index contributed by atoms with van der Waals surface area (Å²) >= 11 is 12.5. The fourth-order valence-electron chi connectivity index (χ4n) is 3.48. The predicted molar refractivity (Wildman–Crippen MR) is 96.4 cm³/mol. The maximum absolute atomic E-state index is 12.4. The van der Waals surface area contributed by atoms with Crippen LogP contribution in [0, 0.1) is 5.92 Å². The molecule has 1 aromatic carbocycles. The molecule has 0 radical (unpaired) electrons. The van der Waals surface area contributed by atoms with Crippen molar-refractivity contribution < 1.29 is 9.53 Å². The number of rotatable bonds is 5. The van der Waals surface area contributed by atoms with E-state index in [4.69, 9.17) is 27.9 Å². The van der Waals surface area contributed by atoms with Gasteiger partial charge < -0.3 is 10.1 Å². The van der Waals surface area contributed by atoms with Crippen LogP contribution in [0.25, 0.3) is 0 Å². The molecule has 1 N–H and O–H groups in total. The third-order valence-corrected chi connectivity index (χ3v) is 5.56. The molecule has 4 nitrogen and oxygen atoms in total. The Hall–Kier alpha value is -0.810. The molecule has 3 rings (SSSR count). The van der Waals surface area contributed by atoms with Gasteiger partial charge in [-0.15, -0.1) is 0 Å². The maximum Gasteiger partial charge on any atom is 0.224 e. The summed E-state index contributed by atoms with van der Waals surface area (Å²) in [6, 6.07) is 5.57. The lowest BCUT2D eigenvalue weighted by atomic mass is 9.96. The fourth-order valence-corrected chi connectivity index (χ4v) is 4.00. The number of amides is 1. The molecular formula is C18H24Cl2N2O2. The fraction of sp³-hybridized carbons (Fsp3) is 0.611. The number of carbonyl (C=O) groups excluding carboxylic acids is 1. The number of halogens is 2. The van der Waals surface area contributed by atoms with Crippen molar-refractivity contribution in [1.82, 2.24) is 10.2 Å². The normalized spacial score (nSPS) is 24.9. The molecule has 0 bridgehead atoms. The molecule has 0 aliphatic carbocycles. The first-order chi connectivity index (χ1) is 11.6. The first-order valence-electron chi connectivity index (χ1n) is 8.68. The summed E-state index contributed by atoms with van der Waals surface area (Å²) in [5, 5.41) is 4.43. The minimum absolute atomic E-state index is 0.0291. The van der Waals surface area contributed by atoms with Gasteiger partial charge in [-0.3, -0.25) is 9.69 Å². The van der Waals surface area contributed by atoms with E-state index >= 15 is 0 Å². The number of hydrogen-bond acceptors (Lipinski definition) is 3. The molecule has 0 unspecified atom stereocenters. The summed E-state index contributed by atoms with van der Waals surface area (Å²) < 4.78 is 5.56. The van der Waals surface area contributed by atoms with Gasteiger partial charge in [-0.25, -0.2) is 0 Å². The van der Waals surface area contributed by atoms with Gasteiger partial charge in [0.2, 0.25) is 5.91 Å². The van der Waals surface area contributed by atoms with Crippen molar-refractivity contribution in [3.8, 4) is 0 Å². The van der Waals surface area contributed by atoms with Crippen LogP contribution in [0.5, 0.6) is 0 Å². The van der Waals surface area contributed by atoms with Crippen LogP contribution in [0.15, 0.2) is 18.2 Å².